The highest BCUT2D eigenvalue weighted by Crippen LogP contribution is 2.24. The number of nitrogens with zero attached hydrogens (tertiary/aromatic N) is 4. The minimum Gasteiger partial charge on any atom is -0.308 e. The smallest absolute Gasteiger partial charge is 0.173 e. The Morgan fingerprint density at radius 3 is 2.94 bits per heavy atom. The zero-order valence-electron chi connectivity index (χ0n) is 10.1. The molecule has 0 saturated heterocycles. The summed E-state index contributed by atoms with van der Waals surface area (Å²) in [5.74, 6) is 0.750. The van der Waals surface area contributed by atoms with Gasteiger partial charge < -0.3 is 5.32 Å². The molecule has 1 N–H and O–H groups in total. The first-order valence-electron chi connectivity index (χ1n) is 5.60. The number of benzene rings is 1. The molecule has 7 heteroatoms. The van der Waals surface area contributed by atoms with E-state index < -0.39 is 0 Å². The molecule has 1 atom stereocenters. The van der Waals surface area contributed by atoms with E-state index in [0.29, 0.717) is 5.02 Å². The molecule has 5 nitrogen and oxygen atoms in total. The summed E-state index contributed by atoms with van der Waals surface area (Å²) in [6.45, 7) is 4.92. The number of hydrogen-bond donors (Lipinski definition) is 1. The molecule has 1 heterocycles. The summed E-state index contributed by atoms with van der Waals surface area (Å²) in [7, 11) is 0. The average molecular weight is 378 g/mol. The van der Waals surface area contributed by atoms with Gasteiger partial charge >= 0.3 is 0 Å². The molecule has 0 bridgehead atoms. The monoisotopic (exact) mass is 377 g/mol. The number of tetrazole rings is 1. The van der Waals surface area contributed by atoms with E-state index in [4.69, 9.17) is 11.6 Å². The van der Waals surface area contributed by atoms with Gasteiger partial charge in [0.25, 0.3) is 0 Å². The van der Waals surface area contributed by atoms with E-state index in [-0.39, 0.29) is 6.04 Å². The summed E-state index contributed by atoms with van der Waals surface area (Å²) < 4.78 is 2.75. The SMILES string of the molecule is CCNC(C)c1nnnn1-c1ccc(I)cc1Cl. The van der Waals surface area contributed by atoms with Gasteiger partial charge in [0.05, 0.1) is 16.8 Å². The Hall–Kier alpha value is -0.730. The highest BCUT2D eigenvalue weighted by Gasteiger charge is 2.16. The average Bonchev–Trinajstić information content (AvgIpc) is 2.78. The van der Waals surface area contributed by atoms with Crippen LogP contribution < -0.4 is 5.32 Å². The fourth-order valence-corrected chi connectivity index (χ4v) is 2.62. The van der Waals surface area contributed by atoms with Gasteiger partial charge in [0.15, 0.2) is 5.82 Å². The number of aromatic nitrogens is 4. The minimum absolute atomic E-state index is 0.0698. The molecule has 0 amide bonds. The molecule has 0 spiro atoms. The molecule has 0 fully saturated rings. The van der Waals surface area contributed by atoms with Crippen LogP contribution in [0, 0.1) is 3.57 Å². The molecule has 0 saturated carbocycles. The fourth-order valence-electron chi connectivity index (χ4n) is 1.69. The van der Waals surface area contributed by atoms with E-state index in [0.717, 1.165) is 21.6 Å². The normalized spacial score (nSPS) is 12.7. The van der Waals surface area contributed by atoms with Crippen molar-refractivity contribution in [2.24, 2.45) is 0 Å². The highest BCUT2D eigenvalue weighted by molar-refractivity contribution is 14.1. The first-order chi connectivity index (χ1) is 8.63. The molecule has 18 heavy (non-hydrogen) atoms. The molecule has 2 aromatic rings. The Labute approximate surface area is 124 Å². The van der Waals surface area contributed by atoms with Gasteiger partial charge in [0.2, 0.25) is 0 Å². The Morgan fingerprint density at radius 2 is 2.28 bits per heavy atom. The predicted molar refractivity (Wildman–Crippen MR) is 79.0 cm³/mol. The highest BCUT2D eigenvalue weighted by atomic mass is 127. The van der Waals surface area contributed by atoms with Crippen LogP contribution in [0.2, 0.25) is 5.02 Å². The Balaban J connectivity index is 2.42. The van der Waals surface area contributed by atoms with Gasteiger partial charge in [-0.05, 0) is 64.7 Å². The lowest BCUT2D eigenvalue weighted by Crippen LogP contribution is -2.21. The summed E-state index contributed by atoms with van der Waals surface area (Å²) in [6.07, 6.45) is 0. The molecule has 0 aliphatic rings. The standard InChI is InChI=1S/C11H13ClIN5/c1-3-14-7(2)11-15-16-17-18(11)10-5-4-8(13)6-9(10)12/h4-7,14H,3H2,1-2H3. The maximum absolute atomic E-state index is 6.23. The second kappa shape index (κ2) is 5.94. The third kappa shape index (κ3) is 2.81. The first kappa shape index (κ1) is 13.7. The van der Waals surface area contributed by atoms with Crippen molar-refractivity contribution >= 4 is 34.2 Å². The van der Waals surface area contributed by atoms with Crippen LogP contribution in [-0.2, 0) is 0 Å². The molecule has 96 valence electrons. The first-order valence-corrected chi connectivity index (χ1v) is 7.06. The predicted octanol–water partition coefficient (Wildman–Crippen LogP) is 2.59. The quantitative estimate of drug-likeness (QED) is 0.832. The van der Waals surface area contributed by atoms with E-state index >= 15 is 0 Å². The van der Waals surface area contributed by atoms with E-state index in [2.05, 4.69) is 43.4 Å². The van der Waals surface area contributed by atoms with Crippen LogP contribution in [-0.4, -0.2) is 26.8 Å². The molecule has 2 rings (SSSR count). The van der Waals surface area contributed by atoms with Crippen molar-refractivity contribution < 1.29 is 0 Å². The summed E-state index contributed by atoms with van der Waals surface area (Å²) >= 11 is 8.45. The molecule has 1 aromatic carbocycles. The maximum atomic E-state index is 6.23. The third-order valence-corrected chi connectivity index (χ3v) is 3.50. The molecule has 1 unspecified atom stereocenters. The lowest BCUT2D eigenvalue weighted by atomic mass is 10.3. The van der Waals surface area contributed by atoms with Crippen molar-refractivity contribution in [1.82, 2.24) is 25.5 Å². The fraction of sp³-hybridized carbons (Fsp3) is 0.364. The number of nitrogens with one attached hydrogen (secondary N) is 1. The van der Waals surface area contributed by atoms with Crippen molar-refractivity contribution in [1.29, 1.82) is 0 Å². The Morgan fingerprint density at radius 1 is 1.50 bits per heavy atom. The van der Waals surface area contributed by atoms with E-state index in [1.807, 2.05) is 32.0 Å². The van der Waals surface area contributed by atoms with E-state index in [1.54, 1.807) is 4.68 Å². The van der Waals surface area contributed by atoms with Crippen LogP contribution in [0.5, 0.6) is 0 Å². The van der Waals surface area contributed by atoms with Gasteiger partial charge in [0.1, 0.15) is 0 Å². The van der Waals surface area contributed by atoms with Crippen molar-refractivity contribution in [3.63, 3.8) is 0 Å². The van der Waals surface area contributed by atoms with Gasteiger partial charge in [0, 0.05) is 3.57 Å². The Kier molecular flexibility index (Phi) is 4.52. The molecular weight excluding hydrogens is 365 g/mol. The van der Waals surface area contributed by atoms with Crippen molar-refractivity contribution in [3.8, 4) is 5.69 Å². The topological polar surface area (TPSA) is 55.6 Å². The maximum Gasteiger partial charge on any atom is 0.173 e. The molecule has 0 radical (unpaired) electrons. The van der Waals surface area contributed by atoms with Crippen LogP contribution in [0.4, 0.5) is 0 Å². The zero-order valence-corrected chi connectivity index (χ0v) is 13.0. The minimum atomic E-state index is 0.0698. The van der Waals surface area contributed by atoms with Gasteiger partial charge in [-0.15, -0.1) is 5.10 Å². The van der Waals surface area contributed by atoms with Gasteiger partial charge in [-0.2, -0.15) is 4.68 Å². The van der Waals surface area contributed by atoms with Gasteiger partial charge in [-0.1, -0.05) is 18.5 Å². The van der Waals surface area contributed by atoms with E-state index in [9.17, 15) is 0 Å². The summed E-state index contributed by atoms with van der Waals surface area (Å²) in [4.78, 5) is 0. The summed E-state index contributed by atoms with van der Waals surface area (Å²) in [5, 5.41) is 15.7. The van der Waals surface area contributed by atoms with Crippen LogP contribution >= 0.6 is 34.2 Å². The van der Waals surface area contributed by atoms with Crippen LogP contribution in [0.1, 0.15) is 25.7 Å². The van der Waals surface area contributed by atoms with Crippen molar-refractivity contribution in [2.45, 2.75) is 19.9 Å². The second-order valence-corrected chi connectivity index (χ2v) is 5.48. The number of hydrogen-bond acceptors (Lipinski definition) is 4. The van der Waals surface area contributed by atoms with Crippen molar-refractivity contribution in [2.75, 3.05) is 6.54 Å². The molecule has 0 aliphatic carbocycles. The Bertz CT molecular complexity index is 542. The largest absolute Gasteiger partial charge is 0.308 e. The van der Waals surface area contributed by atoms with Crippen molar-refractivity contribution in [3.05, 3.63) is 32.6 Å². The lowest BCUT2D eigenvalue weighted by Gasteiger charge is -2.12. The molecule has 0 aliphatic heterocycles. The second-order valence-electron chi connectivity index (χ2n) is 3.82. The number of rotatable bonds is 4. The summed E-state index contributed by atoms with van der Waals surface area (Å²) in [6, 6.07) is 5.86. The van der Waals surface area contributed by atoms with Crippen LogP contribution in [0.25, 0.3) is 5.69 Å². The lowest BCUT2D eigenvalue weighted by molar-refractivity contribution is 0.550. The number of halogens is 2. The van der Waals surface area contributed by atoms with Crippen LogP contribution in [0.3, 0.4) is 0 Å². The molecular formula is C11H13ClIN5. The zero-order chi connectivity index (χ0) is 13.1. The molecule has 1 aromatic heterocycles. The van der Waals surface area contributed by atoms with Crippen LogP contribution in [0.15, 0.2) is 18.2 Å². The third-order valence-electron chi connectivity index (χ3n) is 2.53. The van der Waals surface area contributed by atoms with Gasteiger partial charge in [-0.3, -0.25) is 0 Å². The van der Waals surface area contributed by atoms with E-state index in [1.165, 1.54) is 0 Å². The van der Waals surface area contributed by atoms with Gasteiger partial charge in [-0.25, -0.2) is 0 Å². The summed E-state index contributed by atoms with van der Waals surface area (Å²) in [5.41, 5.74) is 0.793.